The second-order valence-corrected chi connectivity index (χ2v) is 4.76. The van der Waals surface area contributed by atoms with Crippen LogP contribution in [0.2, 0.25) is 0 Å². The fraction of sp³-hybridized carbons (Fsp3) is 0.545. The third-order valence-electron chi connectivity index (χ3n) is 2.26. The number of halogens is 1. The molecule has 0 fully saturated rings. The van der Waals surface area contributed by atoms with Gasteiger partial charge < -0.3 is 15.4 Å². The highest BCUT2D eigenvalue weighted by atomic mass is 79.9. The molecule has 1 rings (SSSR count). The molecule has 0 spiro atoms. The molecule has 0 amide bonds. The Balaban J connectivity index is 2.52. The van der Waals surface area contributed by atoms with E-state index in [2.05, 4.69) is 25.8 Å². The number of nitrogens with zero attached hydrogens (tertiary/aromatic N) is 2. The molecule has 0 saturated carbocycles. The van der Waals surface area contributed by atoms with Crippen LogP contribution in [0.1, 0.15) is 12.0 Å². The molecule has 0 atom stereocenters. The van der Waals surface area contributed by atoms with Gasteiger partial charge in [-0.3, -0.25) is 0 Å². The van der Waals surface area contributed by atoms with Gasteiger partial charge in [-0.25, -0.2) is 4.98 Å². The van der Waals surface area contributed by atoms with Gasteiger partial charge >= 0.3 is 0 Å². The smallest absolute Gasteiger partial charge is 0.228 e. The summed E-state index contributed by atoms with van der Waals surface area (Å²) in [5, 5.41) is 0. The van der Waals surface area contributed by atoms with Crippen LogP contribution in [0, 0.1) is 6.92 Å². The van der Waals surface area contributed by atoms with Crippen molar-refractivity contribution in [3.8, 4) is 5.88 Å². The molecular weight excluding hydrogens is 270 g/mol. The molecule has 4 nitrogen and oxygen atoms in total. The van der Waals surface area contributed by atoms with E-state index in [1.807, 2.05) is 21.0 Å². The van der Waals surface area contributed by atoms with Crippen molar-refractivity contribution in [3.05, 3.63) is 16.2 Å². The molecule has 5 heteroatoms. The van der Waals surface area contributed by atoms with Crippen molar-refractivity contribution in [2.24, 2.45) is 0 Å². The molecule has 0 aliphatic rings. The van der Waals surface area contributed by atoms with Gasteiger partial charge in [-0.1, -0.05) is 0 Å². The van der Waals surface area contributed by atoms with Crippen molar-refractivity contribution in [1.82, 2.24) is 9.88 Å². The predicted octanol–water partition coefficient (Wildman–Crippen LogP) is 2.07. The molecule has 1 aromatic heterocycles. The molecule has 0 aliphatic carbocycles. The number of ether oxygens (including phenoxy) is 1. The van der Waals surface area contributed by atoms with Crippen molar-refractivity contribution >= 4 is 21.6 Å². The molecule has 2 N–H and O–H groups in total. The Kier molecular flexibility index (Phi) is 5.02. The van der Waals surface area contributed by atoms with Crippen LogP contribution in [0.15, 0.2) is 10.7 Å². The lowest BCUT2D eigenvalue weighted by Gasteiger charge is -2.12. The standard InChI is InChI=1S/C11H18BrN3O/c1-8-9(13)7-14-11(10(8)12)16-6-4-5-15(2)3/h7H,4-6,13H2,1-3H3. The topological polar surface area (TPSA) is 51.4 Å². The highest BCUT2D eigenvalue weighted by molar-refractivity contribution is 9.10. The summed E-state index contributed by atoms with van der Waals surface area (Å²) in [5.74, 6) is 0.616. The van der Waals surface area contributed by atoms with E-state index in [-0.39, 0.29) is 0 Å². The third kappa shape index (κ3) is 3.64. The first-order valence-corrected chi connectivity index (χ1v) is 5.99. The molecule has 16 heavy (non-hydrogen) atoms. The highest BCUT2D eigenvalue weighted by Crippen LogP contribution is 2.29. The van der Waals surface area contributed by atoms with Gasteiger partial charge in [0.25, 0.3) is 0 Å². The Morgan fingerprint density at radius 3 is 2.81 bits per heavy atom. The summed E-state index contributed by atoms with van der Waals surface area (Å²) in [7, 11) is 4.09. The minimum Gasteiger partial charge on any atom is -0.477 e. The number of hydrogen-bond donors (Lipinski definition) is 1. The van der Waals surface area contributed by atoms with Crippen LogP contribution in [-0.2, 0) is 0 Å². The SMILES string of the molecule is Cc1c(N)cnc(OCCCN(C)C)c1Br. The Bertz CT molecular complexity index is 355. The normalized spacial score (nSPS) is 10.8. The molecular formula is C11H18BrN3O. The number of aromatic nitrogens is 1. The van der Waals surface area contributed by atoms with Crippen molar-refractivity contribution < 1.29 is 4.74 Å². The maximum absolute atomic E-state index is 5.73. The van der Waals surface area contributed by atoms with Gasteiger partial charge in [0.15, 0.2) is 0 Å². The van der Waals surface area contributed by atoms with Gasteiger partial charge in [-0.2, -0.15) is 0 Å². The largest absolute Gasteiger partial charge is 0.477 e. The predicted molar refractivity (Wildman–Crippen MR) is 69.8 cm³/mol. The quantitative estimate of drug-likeness (QED) is 0.843. The van der Waals surface area contributed by atoms with Crippen LogP contribution >= 0.6 is 15.9 Å². The molecule has 0 saturated heterocycles. The Labute approximate surface area is 105 Å². The zero-order valence-corrected chi connectivity index (χ0v) is 11.5. The molecule has 90 valence electrons. The molecule has 0 radical (unpaired) electrons. The van der Waals surface area contributed by atoms with E-state index >= 15 is 0 Å². The van der Waals surface area contributed by atoms with Crippen LogP contribution < -0.4 is 10.5 Å². The van der Waals surface area contributed by atoms with Gasteiger partial charge in [-0.15, -0.1) is 0 Å². The van der Waals surface area contributed by atoms with Gasteiger partial charge in [0.05, 0.1) is 23.0 Å². The minimum atomic E-state index is 0.616. The van der Waals surface area contributed by atoms with Crippen molar-refractivity contribution in [3.63, 3.8) is 0 Å². The fourth-order valence-corrected chi connectivity index (χ4v) is 1.66. The van der Waals surface area contributed by atoms with Gasteiger partial charge in [0.2, 0.25) is 5.88 Å². The zero-order valence-electron chi connectivity index (χ0n) is 9.96. The summed E-state index contributed by atoms with van der Waals surface area (Å²) in [6, 6.07) is 0. The van der Waals surface area contributed by atoms with Crippen molar-refractivity contribution in [1.29, 1.82) is 0 Å². The number of rotatable bonds is 5. The fourth-order valence-electron chi connectivity index (χ4n) is 1.22. The Hall–Kier alpha value is -0.810. The number of hydrogen-bond acceptors (Lipinski definition) is 4. The molecule has 0 bridgehead atoms. The molecule has 1 aromatic rings. The number of nitrogen functional groups attached to an aromatic ring is 1. The van der Waals surface area contributed by atoms with E-state index in [1.54, 1.807) is 6.20 Å². The summed E-state index contributed by atoms with van der Waals surface area (Å²) in [5.41, 5.74) is 7.37. The lowest BCUT2D eigenvalue weighted by atomic mass is 10.2. The first kappa shape index (κ1) is 13.3. The van der Waals surface area contributed by atoms with E-state index < -0.39 is 0 Å². The zero-order chi connectivity index (χ0) is 12.1. The first-order valence-electron chi connectivity index (χ1n) is 5.20. The maximum atomic E-state index is 5.73. The summed E-state index contributed by atoms with van der Waals surface area (Å²) in [6.45, 7) is 3.60. The lowest BCUT2D eigenvalue weighted by molar-refractivity contribution is 0.271. The Morgan fingerprint density at radius 1 is 1.50 bits per heavy atom. The van der Waals surface area contributed by atoms with Crippen molar-refractivity contribution in [2.75, 3.05) is 33.0 Å². The van der Waals surface area contributed by atoms with Gasteiger partial charge in [0, 0.05) is 6.54 Å². The lowest BCUT2D eigenvalue weighted by Crippen LogP contribution is -2.15. The van der Waals surface area contributed by atoms with Crippen molar-refractivity contribution in [2.45, 2.75) is 13.3 Å². The summed E-state index contributed by atoms with van der Waals surface area (Å²) in [6.07, 6.45) is 2.60. The summed E-state index contributed by atoms with van der Waals surface area (Å²) >= 11 is 3.43. The monoisotopic (exact) mass is 287 g/mol. The third-order valence-corrected chi connectivity index (χ3v) is 3.19. The summed E-state index contributed by atoms with van der Waals surface area (Å²) < 4.78 is 6.43. The summed E-state index contributed by atoms with van der Waals surface area (Å²) in [4.78, 5) is 6.27. The van der Waals surface area contributed by atoms with E-state index in [4.69, 9.17) is 10.5 Å². The van der Waals surface area contributed by atoms with Crippen LogP contribution in [0.5, 0.6) is 5.88 Å². The molecule has 0 aliphatic heterocycles. The number of anilines is 1. The molecule has 0 aromatic carbocycles. The average Bonchev–Trinajstić information content (AvgIpc) is 2.23. The van der Waals surface area contributed by atoms with Crippen LogP contribution in [0.4, 0.5) is 5.69 Å². The second-order valence-electron chi connectivity index (χ2n) is 3.96. The van der Waals surface area contributed by atoms with E-state index in [0.717, 1.165) is 23.0 Å². The average molecular weight is 288 g/mol. The number of pyridine rings is 1. The van der Waals surface area contributed by atoms with Crippen LogP contribution in [0.25, 0.3) is 0 Å². The van der Waals surface area contributed by atoms with E-state index in [9.17, 15) is 0 Å². The minimum absolute atomic E-state index is 0.616. The highest BCUT2D eigenvalue weighted by Gasteiger charge is 2.08. The molecule has 1 heterocycles. The Morgan fingerprint density at radius 2 is 2.19 bits per heavy atom. The van der Waals surface area contributed by atoms with E-state index in [0.29, 0.717) is 18.2 Å². The molecule has 0 unspecified atom stereocenters. The second kappa shape index (κ2) is 6.06. The van der Waals surface area contributed by atoms with E-state index in [1.165, 1.54) is 0 Å². The van der Waals surface area contributed by atoms with Gasteiger partial charge in [-0.05, 0) is 48.9 Å². The first-order chi connectivity index (χ1) is 7.52. The van der Waals surface area contributed by atoms with Crippen LogP contribution in [-0.4, -0.2) is 37.1 Å². The number of nitrogens with two attached hydrogens (primary N) is 1. The van der Waals surface area contributed by atoms with Crippen LogP contribution in [0.3, 0.4) is 0 Å². The maximum Gasteiger partial charge on any atom is 0.228 e. The van der Waals surface area contributed by atoms with Gasteiger partial charge in [0.1, 0.15) is 0 Å².